The Labute approximate surface area is 403 Å². The van der Waals surface area contributed by atoms with Crippen LogP contribution in [0, 0.1) is 0 Å². The van der Waals surface area contributed by atoms with Gasteiger partial charge >= 0.3 is 29.6 Å². The van der Waals surface area contributed by atoms with Crippen molar-refractivity contribution in [1.29, 1.82) is 0 Å². The first kappa shape index (κ1) is 57.8. The van der Waals surface area contributed by atoms with Gasteiger partial charge in [-0.15, -0.1) is 0 Å². The van der Waals surface area contributed by atoms with Crippen LogP contribution in [0.5, 0.6) is 0 Å². The number of aliphatic imine (C=N–C) groups is 3. The number of aryl methyl sites for hydroxylation is 1. The topological polar surface area (TPSA) is 77.3 Å². The Morgan fingerprint density at radius 1 is 0.719 bits per heavy atom. The van der Waals surface area contributed by atoms with Crippen molar-refractivity contribution in [1.82, 2.24) is 9.88 Å². The molecule has 0 unspecified atom stereocenters. The summed E-state index contributed by atoms with van der Waals surface area (Å²) in [6, 6.07) is 8.29. The third kappa shape index (κ3) is 21.7. The van der Waals surface area contributed by atoms with Gasteiger partial charge in [-0.1, -0.05) is 106 Å². The summed E-state index contributed by atoms with van der Waals surface area (Å²) < 4.78 is 2.08. The number of aliphatic hydroxyl groups is 1. The van der Waals surface area contributed by atoms with Crippen LogP contribution in [0.1, 0.15) is 117 Å². The van der Waals surface area contributed by atoms with E-state index in [-0.39, 0.29) is 63.4 Å². The fraction of sp³-hybridized carbons (Fsp3) is 0.543. The number of hydrogen-bond donors (Lipinski definition) is 1. The summed E-state index contributed by atoms with van der Waals surface area (Å²) in [4.78, 5) is 22.4. The van der Waals surface area contributed by atoms with E-state index in [4.69, 9.17) is 5.11 Å². The van der Waals surface area contributed by atoms with Crippen LogP contribution >= 0.6 is 22.6 Å². The van der Waals surface area contributed by atoms with E-state index in [2.05, 4.69) is 142 Å². The first-order valence-corrected chi connectivity index (χ1v) is 22.5. The van der Waals surface area contributed by atoms with Gasteiger partial charge < -0.3 is 35.4 Å². The second kappa shape index (κ2) is 36.6. The minimum atomic E-state index is 0. The Morgan fingerprint density at radius 3 is 1.65 bits per heavy atom. The number of allylic oxidation sites excluding steroid dienone is 3. The largest absolute Gasteiger partial charge is 1.00 e. The molecule has 0 saturated carbocycles. The van der Waals surface area contributed by atoms with Crippen LogP contribution in [0.3, 0.4) is 0 Å². The summed E-state index contributed by atoms with van der Waals surface area (Å²) >= 11 is 2.15. The molecular formula is C46H71BI2N6NaO. The second-order valence-electron chi connectivity index (χ2n) is 13.9. The number of nitrogens with zero attached hydrogens (tertiary/aromatic N) is 6. The molecule has 6 heterocycles. The molecule has 7 nitrogen and oxygen atoms in total. The molecule has 2 aromatic rings. The summed E-state index contributed by atoms with van der Waals surface area (Å²) in [6.07, 6.45) is 33.5. The predicted molar refractivity (Wildman–Crippen MR) is 249 cm³/mol. The van der Waals surface area contributed by atoms with Crippen LogP contribution in [-0.2, 0) is 7.05 Å². The summed E-state index contributed by atoms with van der Waals surface area (Å²) in [7, 11) is 5.25. The first-order chi connectivity index (χ1) is 26.5. The van der Waals surface area contributed by atoms with Gasteiger partial charge in [-0.3, -0.25) is 20.0 Å². The molecule has 0 bridgehead atoms. The van der Waals surface area contributed by atoms with Crippen molar-refractivity contribution in [2.75, 3.05) is 51.8 Å². The quantitative estimate of drug-likeness (QED) is 0.0971. The maximum Gasteiger partial charge on any atom is 1.00 e. The number of hydrogen-bond acceptors (Lipinski definition) is 6. The Morgan fingerprint density at radius 2 is 1.19 bits per heavy atom. The SMILES string of the molecule is CCCCCC1=CCN=C1C1=CCCN(C)C1.CCCCCC1=CCN=C1c1ccc[n+](C)c1.CCCCCC1=CCN=C1c1cccnc1.CI.CO.[B].[H-].[I-].[Na+]. The molecule has 0 atom stereocenters. The molecule has 2 aromatic heterocycles. The zero-order chi connectivity index (χ0) is 39.4. The fourth-order valence-electron chi connectivity index (χ4n) is 6.85. The maximum absolute atomic E-state index is 7.00. The van der Waals surface area contributed by atoms with Crippen molar-refractivity contribution >= 4 is 48.1 Å². The Kier molecular flexibility index (Phi) is 37.1. The van der Waals surface area contributed by atoms with Crippen LogP contribution in [0.25, 0.3) is 0 Å². The average Bonchev–Trinajstić information content (AvgIpc) is 4.00. The first-order valence-electron chi connectivity index (χ1n) is 20.3. The third-order valence-electron chi connectivity index (χ3n) is 9.62. The molecule has 4 aliphatic rings. The molecule has 0 aromatic carbocycles. The molecule has 1 N–H and O–H groups in total. The third-order valence-corrected chi connectivity index (χ3v) is 9.62. The molecule has 0 fully saturated rings. The molecule has 0 amide bonds. The second-order valence-corrected chi connectivity index (χ2v) is 13.9. The van der Waals surface area contributed by atoms with Gasteiger partial charge in [0.1, 0.15) is 7.05 Å². The minimum absolute atomic E-state index is 0. The van der Waals surface area contributed by atoms with Crippen LogP contribution < -0.4 is 58.1 Å². The van der Waals surface area contributed by atoms with E-state index in [1.54, 1.807) is 6.20 Å². The van der Waals surface area contributed by atoms with E-state index < -0.39 is 0 Å². The molecule has 11 heteroatoms. The Balaban J connectivity index is -0.000000725. The molecule has 3 radical (unpaired) electrons. The average molecular weight is 1010 g/mol. The number of aliphatic hydroxyl groups excluding tert-OH is 1. The van der Waals surface area contributed by atoms with Gasteiger partial charge in [0.15, 0.2) is 12.4 Å². The van der Waals surface area contributed by atoms with Gasteiger partial charge in [0.25, 0.3) is 0 Å². The fourth-order valence-corrected chi connectivity index (χ4v) is 6.85. The molecular weight excluding hydrogens is 940 g/mol. The van der Waals surface area contributed by atoms with E-state index in [0.29, 0.717) is 0 Å². The molecule has 57 heavy (non-hydrogen) atoms. The minimum Gasteiger partial charge on any atom is -1.00 e. The zero-order valence-electron chi connectivity index (χ0n) is 37.6. The van der Waals surface area contributed by atoms with E-state index in [9.17, 15) is 0 Å². The van der Waals surface area contributed by atoms with Crippen molar-refractivity contribution in [2.24, 2.45) is 22.0 Å². The van der Waals surface area contributed by atoms with Crippen molar-refractivity contribution in [3.63, 3.8) is 0 Å². The van der Waals surface area contributed by atoms with Crippen LogP contribution in [0.4, 0.5) is 0 Å². The van der Waals surface area contributed by atoms with Crippen LogP contribution in [-0.4, -0.2) is 92.4 Å². The van der Waals surface area contributed by atoms with E-state index >= 15 is 0 Å². The number of likely N-dealkylation sites (N-methyl/N-ethyl adjacent to an activating group) is 1. The number of pyridine rings is 2. The van der Waals surface area contributed by atoms with Crippen LogP contribution in [0.2, 0.25) is 0 Å². The molecule has 0 aliphatic carbocycles. The molecule has 6 rings (SSSR count). The molecule has 0 saturated heterocycles. The summed E-state index contributed by atoms with van der Waals surface area (Å²) in [5.74, 6) is 0. The summed E-state index contributed by atoms with van der Waals surface area (Å²) in [6.45, 7) is 11.6. The van der Waals surface area contributed by atoms with Gasteiger partial charge in [-0.2, -0.15) is 0 Å². The smallest absolute Gasteiger partial charge is 1.00 e. The molecule has 0 spiro atoms. The van der Waals surface area contributed by atoms with E-state index in [1.807, 2.05) is 17.2 Å². The number of rotatable bonds is 15. The number of halogens is 2. The van der Waals surface area contributed by atoms with Gasteiger partial charge in [-0.25, -0.2) is 4.57 Å². The summed E-state index contributed by atoms with van der Waals surface area (Å²) in [5, 5.41) is 7.00. The van der Waals surface area contributed by atoms with E-state index in [1.165, 1.54) is 123 Å². The van der Waals surface area contributed by atoms with Gasteiger partial charge in [-0.05, 0) is 97.4 Å². The standard InChI is InChI=1S/C15H24N2.C15H21N2.C14H18N2.CH3I.CH4O.B.HI.Na.H/c2*1-3-4-5-7-13-9-10-16-15(13)14-8-6-11-17(2)12-14;1-2-3-4-6-12-8-10-16-14(12)13-7-5-9-15-11-13;2*1-2;;;;/h8-9H,3-7,10-12H2,1-2H3;6,8-9,11-12H,3-5,7,10H2,1-2H3;5,7-9,11H,2-4,6,10H2,1H3;1H3;2H,1H3;;1H;;/q;+1;;;;;;+1;-1/p-1. The van der Waals surface area contributed by atoms with E-state index in [0.717, 1.165) is 51.0 Å². The molecule has 309 valence electrons. The van der Waals surface area contributed by atoms with Crippen molar-refractivity contribution < 1.29 is 64.6 Å². The monoisotopic (exact) mass is 1010 g/mol. The van der Waals surface area contributed by atoms with Crippen molar-refractivity contribution in [3.05, 3.63) is 107 Å². The zero-order valence-corrected chi connectivity index (χ0v) is 42.9. The Bertz CT molecular complexity index is 1600. The van der Waals surface area contributed by atoms with Crippen LogP contribution in [0.15, 0.2) is 111 Å². The van der Waals surface area contributed by atoms with Gasteiger partial charge in [0, 0.05) is 52.6 Å². The number of aromatic nitrogens is 2. The predicted octanol–water partition coefficient (Wildman–Crippen LogP) is 3.82. The van der Waals surface area contributed by atoms with Gasteiger partial charge in [0.2, 0.25) is 0 Å². The number of alkyl halides is 1. The number of unbranched alkanes of at least 4 members (excludes halogenated alkanes) is 6. The summed E-state index contributed by atoms with van der Waals surface area (Å²) in [5.41, 5.74) is 11.9. The Hall–Kier alpha value is -1.29. The normalized spacial score (nSPS) is 15.1. The maximum atomic E-state index is 7.00. The van der Waals surface area contributed by atoms with Gasteiger partial charge in [0.05, 0.1) is 42.3 Å². The molecule has 4 aliphatic heterocycles. The van der Waals surface area contributed by atoms with Crippen molar-refractivity contribution in [3.8, 4) is 0 Å². The van der Waals surface area contributed by atoms with Crippen molar-refractivity contribution in [2.45, 2.75) is 104 Å².